The van der Waals surface area contributed by atoms with Gasteiger partial charge >= 0.3 is 5.97 Å². The summed E-state index contributed by atoms with van der Waals surface area (Å²) >= 11 is 11.9. The molecule has 3 rings (SSSR count). The van der Waals surface area contributed by atoms with Gasteiger partial charge in [0.25, 0.3) is 5.91 Å². The number of carboxylic acid groups (broad SMARTS) is 1. The molecule has 0 fully saturated rings. The van der Waals surface area contributed by atoms with E-state index in [0.29, 0.717) is 16.3 Å². The summed E-state index contributed by atoms with van der Waals surface area (Å²) in [5, 5.41) is 20.2. The van der Waals surface area contributed by atoms with Crippen molar-refractivity contribution in [3.05, 3.63) is 82.0 Å². The third-order valence-electron chi connectivity index (χ3n) is 4.02. The number of hydrogen-bond acceptors (Lipinski definition) is 4. The number of amides is 1. The Kier molecular flexibility index (Phi) is 6.23. The molecule has 8 heteroatoms. The number of rotatable bonds is 6. The lowest BCUT2D eigenvalue weighted by atomic mass is 10.1. The molecule has 0 aliphatic carbocycles. The van der Waals surface area contributed by atoms with Gasteiger partial charge in [-0.1, -0.05) is 65.7 Å². The van der Waals surface area contributed by atoms with Gasteiger partial charge < -0.3 is 10.4 Å². The molecule has 2 aromatic carbocycles. The van der Waals surface area contributed by atoms with Crippen LogP contribution in [-0.2, 0) is 11.2 Å². The van der Waals surface area contributed by atoms with Gasteiger partial charge in [0.05, 0.1) is 11.3 Å². The quantitative estimate of drug-likeness (QED) is 0.637. The van der Waals surface area contributed by atoms with E-state index in [1.165, 1.54) is 6.07 Å². The number of carbonyl (C=O) groups is 2. The molecule has 0 spiro atoms. The molecule has 142 valence electrons. The van der Waals surface area contributed by atoms with Crippen molar-refractivity contribution in [3.8, 4) is 11.3 Å². The number of aliphatic carboxylic acids is 1. The maximum atomic E-state index is 12.7. The van der Waals surface area contributed by atoms with Crippen LogP contribution in [0.5, 0.6) is 0 Å². The first kappa shape index (κ1) is 19.8. The third kappa shape index (κ3) is 4.85. The Labute approximate surface area is 171 Å². The van der Waals surface area contributed by atoms with E-state index in [1.54, 1.807) is 48.5 Å². The Bertz CT molecular complexity index is 995. The second-order valence-corrected chi connectivity index (χ2v) is 6.79. The van der Waals surface area contributed by atoms with E-state index in [1.807, 2.05) is 6.07 Å². The zero-order chi connectivity index (χ0) is 20.1. The zero-order valence-electron chi connectivity index (χ0n) is 14.5. The average molecular weight is 416 g/mol. The predicted molar refractivity (Wildman–Crippen MR) is 107 cm³/mol. The van der Waals surface area contributed by atoms with Gasteiger partial charge in [-0.15, -0.1) is 10.2 Å². The molecular weight excluding hydrogens is 401 g/mol. The summed E-state index contributed by atoms with van der Waals surface area (Å²) in [5.41, 5.74) is 1.94. The van der Waals surface area contributed by atoms with Gasteiger partial charge in [0, 0.05) is 17.0 Å². The number of halogens is 2. The van der Waals surface area contributed by atoms with Gasteiger partial charge in [0.2, 0.25) is 0 Å². The maximum Gasteiger partial charge on any atom is 0.326 e. The predicted octanol–water partition coefficient (Wildman–Crippen LogP) is 3.88. The van der Waals surface area contributed by atoms with Crippen LogP contribution in [0.25, 0.3) is 11.3 Å². The van der Waals surface area contributed by atoms with Gasteiger partial charge in [-0.05, 0) is 23.8 Å². The summed E-state index contributed by atoms with van der Waals surface area (Å²) in [6.07, 6.45) is 0.141. The lowest BCUT2D eigenvalue weighted by Crippen LogP contribution is -2.42. The molecule has 0 saturated heterocycles. The smallest absolute Gasteiger partial charge is 0.326 e. The second kappa shape index (κ2) is 8.82. The van der Waals surface area contributed by atoms with Crippen molar-refractivity contribution in [2.45, 2.75) is 12.5 Å². The highest BCUT2D eigenvalue weighted by Gasteiger charge is 2.23. The highest BCUT2D eigenvalue weighted by atomic mass is 35.5. The van der Waals surface area contributed by atoms with Crippen LogP contribution in [0.15, 0.2) is 60.7 Å². The van der Waals surface area contributed by atoms with Crippen molar-refractivity contribution in [2.75, 3.05) is 0 Å². The Morgan fingerprint density at radius 2 is 1.68 bits per heavy atom. The van der Waals surface area contributed by atoms with Gasteiger partial charge in [-0.2, -0.15) is 0 Å². The Hall–Kier alpha value is -2.96. The number of benzene rings is 2. The molecule has 0 aliphatic rings. The fourth-order valence-corrected chi connectivity index (χ4v) is 2.89. The average Bonchev–Trinajstić information content (AvgIpc) is 2.69. The molecule has 6 nitrogen and oxygen atoms in total. The normalized spacial score (nSPS) is 11.6. The highest BCUT2D eigenvalue weighted by Crippen LogP contribution is 2.22. The standard InChI is InChI=1S/C20H15Cl2N3O3/c21-14-8-6-13(7-9-14)16-11-15(18(22)25-24-16)19(26)23-17(20(27)28)10-12-4-2-1-3-5-12/h1-9,11,17H,10H2,(H,23,26)(H,27,28)/t17-/m0/s1. The molecule has 0 bridgehead atoms. The minimum Gasteiger partial charge on any atom is -0.480 e. The van der Waals surface area contributed by atoms with Crippen molar-refractivity contribution in [1.29, 1.82) is 0 Å². The van der Waals surface area contributed by atoms with E-state index in [2.05, 4.69) is 15.5 Å². The largest absolute Gasteiger partial charge is 0.480 e. The van der Waals surface area contributed by atoms with Crippen LogP contribution in [-0.4, -0.2) is 33.2 Å². The first-order valence-electron chi connectivity index (χ1n) is 8.31. The minimum absolute atomic E-state index is 0.0425. The fourth-order valence-electron chi connectivity index (χ4n) is 2.58. The Balaban J connectivity index is 1.83. The number of carbonyl (C=O) groups excluding carboxylic acids is 1. The molecule has 1 amide bonds. The van der Waals surface area contributed by atoms with Crippen molar-refractivity contribution in [3.63, 3.8) is 0 Å². The van der Waals surface area contributed by atoms with Crippen molar-refractivity contribution in [1.82, 2.24) is 15.5 Å². The lowest BCUT2D eigenvalue weighted by molar-refractivity contribution is -0.139. The first-order chi connectivity index (χ1) is 13.4. The van der Waals surface area contributed by atoms with E-state index in [9.17, 15) is 14.7 Å². The minimum atomic E-state index is -1.15. The van der Waals surface area contributed by atoms with Crippen LogP contribution >= 0.6 is 23.2 Å². The molecule has 0 aliphatic heterocycles. The number of nitrogens with zero attached hydrogens (tertiary/aromatic N) is 2. The van der Waals surface area contributed by atoms with E-state index >= 15 is 0 Å². The van der Waals surface area contributed by atoms with Gasteiger partial charge in [0.1, 0.15) is 6.04 Å². The summed E-state index contributed by atoms with van der Waals surface area (Å²) in [6.45, 7) is 0. The van der Waals surface area contributed by atoms with Crippen molar-refractivity contribution >= 4 is 35.1 Å². The summed E-state index contributed by atoms with van der Waals surface area (Å²) in [7, 11) is 0. The van der Waals surface area contributed by atoms with E-state index < -0.39 is 17.9 Å². The van der Waals surface area contributed by atoms with Crippen molar-refractivity contribution < 1.29 is 14.7 Å². The highest BCUT2D eigenvalue weighted by molar-refractivity contribution is 6.32. The first-order valence-corrected chi connectivity index (χ1v) is 9.06. The molecule has 28 heavy (non-hydrogen) atoms. The van der Waals surface area contributed by atoms with Crippen LogP contribution < -0.4 is 5.32 Å². The maximum absolute atomic E-state index is 12.7. The molecule has 0 radical (unpaired) electrons. The van der Waals surface area contributed by atoms with Crippen LogP contribution in [0.1, 0.15) is 15.9 Å². The van der Waals surface area contributed by atoms with Gasteiger partial charge in [0.15, 0.2) is 5.15 Å². The lowest BCUT2D eigenvalue weighted by Gasteiger charge is -2.15. The number of hydrogen-bond donors (Lipinski definition) is 2. The molecule has 1 heterocycles. The topological polar surface area (TPSA) is 92.2 Å². The van der Waals surface area contributed by atoms with E-state index in [0.717, 1.165) is 5.56 Å². The van der Waals surface area contributed by atoms with Crippen LogP contribution in [0, 0.1) is 0 Å². The molecule has 0 unspecified atom stereocenters. The van der Waals surface area contributed by atoms with Gasteiger partial charge in [-0.3, -0.25) is 4.79 Å². The van der Waals surface area contributed by atoms with Crippen LogP contribution in [0.3, 0.4) is 0 Å². The van der Waals surface area contributed by atoms with Crippen LogP contribution in [0.2, 0.25) is 10.2 Å². The van der Waals surface area contributed by atoms with Gasteiger partial charge in [-0.25, -0.2) is 4.79 Å². The summed E-state index contributed by atoms with van der Waals surface area (Å²) in [5.74, 6) is -1.79. The second-order valence-electron chi connectivity index (χ2n) is 5.99. The monoisotopic (exact) mass is 415 g/mol. The van der Waals surface area contributed by atoms with E-state index in [4.69, 9.17) is 23.2 Å². The summed E-state index contributed by atoms with van der Waals surface area (Å²) in [6, 6.07) is 16.2. The zero-order valence-corrected chi connectivity index (χ0v) is 16.0. The molecule has 0 saturated carbocycles. The molecule has 1 aromatic heterocycles. The number of aromatic nitrogens is 2. The van der Waals surface area contributed by atoms with E-state index in [-0.39, 0.29) is 17.1 Å². The third-order valence-corrected chi connectivity index (χ3v) is 4.55. The molecule has 1 atom stereocenters. The molecular formula is C20H15Cl2N3O3. The molecule has 3 aromatic rings. The number of nitrogens with one attached hydrogen (secondary N) is 1. The summed E-state index contributed by atoms with van der Waals surface area (Å²) in [4.78, 5) is 24.2. The Morgan fingerprint density at radius 1 is 1.00 bits per heavy atom. The SMILES string of the molecule is O=C(N[C@@H](Cc1ccccc1)C(=O)O)c1cc(-c2ccc(Cl)cc2)nnc1Cl. The fraction of sp³-hybridized carbons (Fsp3) is 0.100. The number of carboxylic acids is 1. The Morgan fingerprint density at radius 3 is 2.32 bits per heavy atom. The molecule has 2 N–H and O–H groups in total. The summed E-state index contributed by atoms with van der Waals surface area (Å²) < 4.78 is 0. The van der Waals surface area contributed by atoms with Crippen LogP contribution in [0.4, 0.5) is 0 Å². The van der Waals surface area contributed by atoms with Crippen molar-refractivity contribution in [2.24, 2.45) is 0 Å².